The van der Waals surface area contributed by atoms with E-state index in [1.807, 2.05) is 12.1 Å². The zero-order valence-electron chi connectivity index (χ0n) is 10.4. The van der Waals surface area contributed by atoms with Crippen LogP contribution in [0.1, 0.15) is 0 Å². The minimum absolute atomic E-state index is 0.138. The number of guanidine groups is 1. The highest BCUT2D eigenvalue weighted by Gasteiger charge is 2.23. The molecule has 3 rings (SSSR count). The van der Waals surface area contributed by atoms with E-state index in [0.29, 0.717) is 6.54 Å². The lowest BCUT2D eigenvalue weighted by molar-refractivity contribution is 0.303. The van der Waals surface area contributed by atoms with Gasteiger partial charge in [0.15, 0.2) is 5.96 Å². The smallest absolute Gasteiger partial charge is 0.195 e. The summed E-state index contributed by atoms with van der Waals surface area (Å²) < 4.78 is 0.986. The van der Waals surface area contributed by atoms with Gasteiger partial charge in [-0.25, -0.2) is 0 Å². The Kier molecular flexibility index (Phi) is 3.48. The van der Waals surface area contributed by atoms with Crippen LogP contribution < -0.4 is 20.9 Å². The fraction of sp³-hybridized carbons (Fsp3) is 0.417. The van der Waals surface area contributed by atoms with Crippen molar-refractivity contribution in [2.24, 2.45) is 4.99 Å². The third kappa shape index (κ3) is 2.35. The van der Waals surface area contributed by atoms with Crippen molar-refractivity contribution in [2.75, 3.05) is 48.4 Å². The number of rotatable bonds is 3. The molecule has 0 radical (unpaired) electrons. The summed E-state index contributed by atoms with van der Waals surface area (Å²) in [7, 11) is 0. The number of hydrogen-bond acceptors (Lipinski definition) is 6. The second-order valence-corrected chi connectivity index (χ2v) is 5.22. The average Bonchev–Trinajstić information content (AvgIpc) is 3.03. The Hall–Kier alpha value is -1.47. The van der Waals surface area contributed by atoms with E-state index < -0.39 is 0 Å². The number of anilines is 3. The lowest BCUT2D eigenvalue weighted by Crippen LogP contribution is -2.27. The van der Waals surface area contributed by atoms with Gasteiger partial charge in [0.25, 0.3) is 0 Å². The number of β-amino-alcohol motifs (C(OH)–C–C–N with tert-alkyl or cyclic N) is 1. The molecule has 1 aromatic rings. The van der Waals surface area contributed by atoms with E-state index in [9.17, 15) is 0 Å². The van der Waals surface area contributed by atoms with Crippen molar-refractivity contribution in [3.63, 3.8) is 0 Å². The van der Waals surface area contributed by atoms with Gasteiger partial charge in [-0.1, -0.05) is 0 Å². The second kappa shape index (κ2) is 5.26. The van der Waals surface area contributed by atoms with Crippen LogP contribution in [0.4, 0.5) is 17.1 Å². The van der Waals surface area contributed by atoms with E-state index in [4.69, 9.17) is 5.11 Å². The normalized spacial score (nSPS) is 16.7. The minimum atomic E-state index is 0.138. The number of fused-ring (bicyclic) bond motifs is 1. The highest BCUT2D eigenvalue weighted by molar-refractivity contribution is 9.10. The zero-order valence-corrected chi connectivity index (χ0v) is 12.0. The average molecular weight is 326 g/mol. The molecule has 0 saturated heterocycles. The lowest BCUT2D eigenvalue weighted by Gasteiger charge is -2.19. The van der Waals surface area contributed by atoms with E-state index in [1.54, 1.807) is 0 Å². The van der Waals surface area contributed by atoms with Crippen LogP contribution in [0.25, 0.3) is 0 Å². The summed E-state index contributed by atoms with van der Waals surface area (Å²) in [5.74, 6) is 0.806. The predicted octanol–water partition coefficient (Wildman–Crippen LogP) is 1.00. The Labute approximate surface area is 120 Å². The fourth-order valence-corrected chi connectivity index (χ4v) is 2.99. The number of nitrogens with one attached hydrogen (secondary N) is 3. The van der Waals surface area contributed by atoms with Crippen LogP contribution in [0.3, 0.4) is 0 Å². The molecule has 2 aliphatic heterocycles. The standard InChI is InChI=1S/C12H16BrN5O/c13-10-8(17-12-14-3-4-15-12)1-2-9-11(10)18(5-6-19)7-16-9/h1-2,16,19H,3-7H2,(H2,14,15,17). The first-order chi connectivity index (χ1) is 9.29. The SMILES string of the molecule is OCCN1CNc2ccc(NC3=NCCN3)c(Br)c21. The van der Waals surface area contributed by atoms with Gasteiger partial charge in [0, 0.05) is 13.1 Å². The summed E-state index contributed by atoms with van der Waals surface area (Å²) in [5, 5.41) is 18.9. The van der Waals surface area contributed by atoms with Crippen molar-refractivity contribution in [1.29, 1.82) is 0 Å². The van der Waals surface area contributed by atoms with Gasteiger partial charge >= 0.3 is 0 Å². The molecule has 0 spiro atoms. The molecule has 0 bridgehead atoms. The van der Waals surface area contributed by atoms with Crippen molar-refractivity contribution in [3.8, 4) is 0 Å². The molecule has 0 atom stereocenters. The molecule has 0 unspecified atom stereocenters. The quantitative estimate of drug-likeness (QED) is 0.667. The predicted molar refractivity (Wildman–Crippen MR) is 81.0 cm³/mol. The van der Waals surface area contributed by atoms with Gasteiger partial charge < -0.3 is 26.0 Å². The Bertz CT molecular complexity index is 517. The monoisotopic (exact) mass is 325 g/mol. The first-order valence-electron chi connectivity index (χ1n) is 6.27. The van der Waals surface area contributed by atoms with Crippen molar-refractivity contribution >= 4 is 39.0 Å². The number of hydrogen-bond donors (Lipinski definition) is 4. The van der Waals surface area contributed by atoms with Crippen LogP contribution in [0, 0.1) is 0 Å². The van der Waals surface area contributed by atoms with E-state index >= 15 is 0 Å². The maximum absolute atomic E-state index is 9.11. The highest BCUT2D eigenvalue weighted by atomic mass is 79.9. The Morgan fingerprint density at radius 2 is 2.32 bits per heavy atom. The number of benzene rings is 1. The van der Waals surface area contributed by atoms with Crippen molar-refractivity contribution in [3.05, 3.63) is 16.6 Å². The third-order valence-corrected chi connectivity index (χ3v) is 3.99. The van der Waals surface area contributed by atoms with Crippen molar-refractivity contribution < 1.29 is 5.11 Å². The number of aliphatic hydroxyl groups excluding tert-OH is 1. The first kappa shape index (κ1) is 12.6. The summed E-state index contributed by atoms with van der Waals surface area (Å²) in [6.07, 6.45) is 0. The summed E-state index contributed by atoms with van der Waals surface area (Å²) in [5.41, 5.74) is 3.13. The molecule has 2 aliphatic rings. The molecule has 19 heavy (non-hydrogen) atoms. The molecule has 1 aromatic carbocycles. The molecule has 4 N–H and O–H groups in total. The summed E-state index contributed by atoms with van der Waals surface area (Å²) >= 11 is 3.64. The maximum Gasteiger partial charge on any atom is 0.195 e. The highest BCUT2D eigenvalue weighted by Crippen LogP contribution is 2.42. The van der Waals surface area contributed by atoms with Gasteiger partial charge in [0.2, 0.25) is 0 Å². The molecule has 0 aromatic heterocycles. The topological polar surface area (TPSA) is 71.9 Å². The van der Waals surface area contributed by atoms with E-state index in [1.165, 1.54) is 0 Å². The van der Waals surface area contributed by atoms with Gasteiger partial charge in [-0.3, -0.25) is 4.99 Å². The van der Waals surface area contributed by atoms with E-state index in [-0.39, 0.29) is 6.61 Å². The molecule has 0 saturated carbocycles. The Balaban J connectivity index is 1.89. The van der Waals surface area contributed by atoms with Gasteiger partial charge in [-0.15, -0.1) is 0 Å². The summed E-state index contributed by atoms with van der Waals surface area (Å²) in [4.78, 5) is 6.43. The molecule has 0 aliphatic carbocycles. The van der Waals surface area contributed by atoms with Gasteiger partial charge in [-0.05, 0) is 28.1 Å². The zero-order chi connectivity index (χ0) is 13.2. The first-order valence-corrected chi connectivity index (χ1v) is 7.06. The van der Waals surface area contributed by atoms with Crippen LogP contribution in [0.2, 0.25) is 0 Å². The molecular weight excluding hydrogens is 310 g/mol. The number of nitrogens with zero attached hydrogens (tertiary/aromatic N) is 2. The minimum Gasteiger partial charge on any atom is -0.395 e. The Morgan fingerprint density at radius 1 is 1.42 bits per heavy atom. The lowest BCUT2D eigenvalue weighted by atomic mass is 10.2. The molecular formula is C12H16BrN5O. The van der Waals surface area contributed by atoms with Crippen LogP contribution in [-0.2, 0) is 0 Å². The van der Waals surface area contributed by atoms with Gasteiger partial charge in [0.1, 0.15) is 0 Å². The van der Waals surface area contributed by atoms with Gasteiger partial charge in [-0.2, -0.15) is 0 Å². The summed E-state index contributed by atoms with van der Waals surface area (Å²) in [6, 6.07) is 4.05. The molecule has 2 heterocycles. The molecule has 0 amide bonds. The van der Waals surface area contributed by atoms with Crippen molar-refractivity contribution in [1.82, 2.24) is 5.32 Å². The number of halogens is 1. The largest absolute Gasteiger partial charge is 0.395 e. The third-order valence-electron chi connectivity index (χ3n) is 3.19. The Morgan fingerprint density at radius 3 is 3.05 bits per heavy atom. The van der Waals surface area contributed by atoms with Crippen molar-refractivity contribution in [2.45, 2.75) is 0 Å². The number of aliphatic hydroxyl groups is 1. The van der Waals surface area contributed by atoms with Crippen LogP contribution >= 0.6 is 15.9 Å². The van der Waals surface area contributed by atoms with Crippen LogP contribution in [0.15, 0.2) is 21.6 Å². The van der Waals surface area contributed by atoms with E-state index in [2.05, 4.69) is 41.8 Å². The molecule has 0 fully saturated rings. The summed E-state index contributed by atoms with van der Waals surface area (Å²) in [6.45, 7) is 3.16. The molecule has 102 valence electrons. The fourth-order valence-electron chi connectivity index (χ4n) is 2.29. The van der Waals surface area contributed by atoms with Crippen LogP contribution in [0.5, 0.6) is 0 Å². The molecule has 7 heteroatoms. The van der Waals surface area contributed by atoms with Gasteiger partial charge in [0.05, 0.1) is 41.4 Å². The second-order valence-electron chi connectivity index (χ2n) is 4.43. The number of aliphatic imine (C=N–C) groups is 1. The molecule has 6 nitrogen and oxygen atoms in total. The van der Waals surface area contributed by atoms with E-state index in [0.717, 1.165) is 47.3 Å². The maximum atomic E-state index is 9.11. The van der Waals surface area contributed by atoms with Crippen LogP contribution in [-0.4, -0.2) is 44.0 Å².